The summed E-state index contributed by atoms with van der Waals surface area (Å²) in [6, 6.07) is 13.9. The fourth-order valence-electron chi connectivity index (χ4n) is 2.40. The predicted octanol–water partition coefficient (Wildman–Crippen LogP) is 4.13. The Kier molecular flexibility index (Phi) is 6.49. The number of hydrogen-bond acceptors (Lipinski definition) is 3. The highest BCUT2D eigenvalue weighted by Crippen LogP contribution is 2.24. The maximum Gasteiger partial charge on any atom is 0.238 e. The van der Waals surface area contributed by atoms with E-state index in [1.807, 2.05) is 37.3 Å². The molecule has 0 saturated carbocycles. The Balaban J connectivity index is 2.06. The Labute approximate surface area is 158 Å². The van der Waals surface area contributed by atoms with Crippen LogP contribution in [0.2, 0.25) is 10.0 Å². The molecule has 0 heterocycles. The Morgan fingerprint density at radius 2 is 1.72 bits per heavy atom. The van der Waals surface area contributed by atoms with Crippen molar-refractivity contribution in [1.29, 1.82) is 0 Å². The molecule has 134 valence electrons. The SMILES string of the molecule is C[C@H](c1ccccc1)N(C)C(=O)CS(=O)(=O)Cc1ccc(Cl)c(Cl)c1. The summed E-state index contributed by atoms with van der Waals surface area (Å²) in [5, 5.41) is 0.644. The van der Waals surface area contributed by atoms with Crippen molar-refractivity contribution in [2.24, 2.45) is 0 Å². The van der Waals surface area contributed by atoms with Crippen LogP contribution in [0, 0.1) is 0 Å². The maximum atomic E-state index is 12.4. The third kappa shape index (κ3) is 5.46. The van der Waals surface area contributed by atoms with E-state index in [9.17, 15) is 13.2 Å². The number of nitrogens with zero attached hydrogens (tertiary/aromatic N) is 1. The van der Waals surface area contributed by atoms with Crippen molar-refractivity contribution in [3.63, 3.8) is 0 Å². The Morgan fingerprint density at radius 1 is 1.08 bits per heavy atom. The topological polar surface area (TPSA) is 54.5 Å². The van der Waals surface area contributed by atoms with Crippen molar-refractivity contribution in [2.45, 2.75) is 18.7 Å². The lowest BCUT2D eigenvalue weighted by atomic mass is 10.1. The van der Waals surface area contributed by atoms with E-state index in [2.05, 4.69) is 0 Å². The van der Waals surface area contributed by atoms with Gasteiger partial charge >= 0.3 is 0 Å². The normalized spacial score (nSPS) is 12.6. The summed E-state index contributed by atoms with van der Waals surface area (Å²) in [7, 11) is -2.01. The molecule has 0 aromatic heterocycles. The number of benzene rings is 2. The molecule has 0 aliphatic carbocycles. The van der Waals surface area contributed by atoms with Gasteiger partial charge in [0.1, 0.15) is 5.75 Å². The van der Waals surface area contributed by atoms with Crippen LogP contribution in [0.25, 0.3) is 0 Å². The van der Waals surface area contributed by atoms with Gasteiger partial charge < -0.3 is 4.90 Å². The van der Waals surface area contributed by atoms with Crippen LogP contribution < -0.4 is 0 Å². The second-order valence-electron chi connectivity index (χ2n) is 5.87. The molecule has 0 radical (unpaired) electrons. The van der Waals surface area contributed by atoms with Crippen LogP contribution in [0.4, 0.5) is 0 Å². The zero-order valence-electron chi connectivity index (χ0n) is 13.9. The van der Waals surface area contributed by atoms with Crippen molar-refractivity contribution < 1.29 is 13.2 Å². The number of carbonyl (C=O) groups is 1. The van der Waals surface area contributed by atoms with Gasteiger partial charge in [-0.05, 0) is 30.2 Å². The van der Waals surface area contributed by atoms with Crippen molar-refractivity contribution in [2.75, 3.05) is 12.8 Å². The minimum absolute atomic E-state index is 0.214. The monoisotopic (exact) mass is 399 g/mol. The van der Waals surface area contributed by atoms with Crippen LogP contribution in [-0.4, -0.2) is 32.0 Å². The largest absolute Gasteiger partial charge is 0.338 e. The Morgan fingerprint density at radius 3 is 2.32 bits per heavy atom. The second kappa shape index (κ2) is 8.21. The van der Waals surface area contributed by atoms with Crippen LogP contribution in [0.3, 0.4) is 0 Å². The van der Waals surface area contributed by atoms with Gasteiger partial charge in [0.05, 0.1) is 21.8 Å². The molecule has 1 amide bonds. The fraction of sp³-hybridized carbons (Fsp3) is 0.278. The molecule has 0 spiro atoms. The summed E-state index contributed by atoms with van der Waals surface area (Å²) in [5.41, 5.74) is 1.45. The lowest BCUT2D eigenvalue weighted by Gasteiger charge is -2.25. The summed E-state index contributed by atoms with van der Waals surface area (Å²) < 4.78 is 24.7. The van der Waals surface area contributed by atoms with Gasteiger partial charge in [0, 0.05) is 7.05 Å². The van der Waals surface area contributed by atoms with Crippen LogP contribution in [-0.2, 0) is 20.4 Å². The minimum Gasteiger partial charge on any atom is -0.338 e. The van der Waals surface area contributed by atoms with Gasteiger partial charge in [0.2, 0.25) is 5.91 Å². The van der Waals surface area contributed by atoms with Crippen LogP contribution >= 0.6 is 23.2 Å². The van der Waals surface area contributed by atoms with E-state index < -0.39 is 21.5 Å². The lowest BCUT2D eigenvalue weighted by Crippen LogP contribution is -2.34. The maximum absolute atomic E-state index is 12.4. The molecule has 2 aromatic rings. The molecule has 2 rings (SSSR count). The molecular formula is C18H19Cl2NO3S. The zero-order valence-corrected chi connectivity index (χ0v) is 16.3. The lowest BCUT2D eigenvalue weighted by molar-refractivity contribution is -0.129. The first-order chi connectivity index (χ1) is 11.7. The first-order valence-electron chi connectivity index (χ1n) is 7.64. The Bertz CT molecular complexity index is 854. The summed E-state index contributed by atoms with van der Waals surface area (Å²) in [6.45, 7) is 1.86. The minimum atomic E-state index is -3.62. The zero-order chi connectivity index (χ0) is 18.6. The highest BCUT2D eigenvalue weighted by atomic mass is 35.5. The van der Waals surface area contributed by atoms with Crippen molar-refractivity contribution in [3.05, 3.63) is 69.7 Å². The molecule has 0 saturated heterocycles. The molecule has 0 aliphatic heterocycles. The predicted molar refractivity (Wildman–Crippen MR) is 102 cm³/mol. The number of amides is 1. The number of rotatable bonds is 6. The van der Waals surface area contributed by atoms with Gasteiger partial charge in [-0.25, -0.2) is 8.42 Å². The van der Waals surface area contributed by atoms with Gasteiger partial charge in [-0.2, -0.15) is 0 Å². The van der Waals surface area contributed by atoms with E-state index in [-0.39, 0.29) is 16.8 Å². The van der Waals surface area contributed by atoms with Gasteiger partial charge in [0.25, 0.3) is 0 Å². The highest BCUT2D eigenvalue weighted by Gasteiger charge is 2.24. The molecule has 25 heavy (non-hydrogen) atoms. The van der Waals surface area contributed by atoms with Gasteiger partial charge in [0.15, 0.2) is 9.84 Å². The average molecular weight is 400 g/mol. The molecule has 0 bridgehead atoms. The average Bonchev–Trinajstić information content (AvgIpc) is 2.57. The van der Waals surface area contributed by atoms with E-state index in [0.29, 0.717) is 10.6 Å². The summed E-state index contributed by atoms with van der Waals surface area (Å²) in [6.07, 6.45) is 0. The van der Waals surface area contributed by atoms with Crippen molar-refractivity contribution in [1.82, 2.24) is 4.90 Å². The van der Waals surface area contributed by atoms with Crippen LogP contribution in [0.15, 0.2) is 48.5 Å². The highest BCUT2D eigenvalue weighted by molar-refractivity contribution is 7.91. The molecule has 7 heteroatoms. The van der Waals surface area contributed by atoms with E-state index in [1.165, 1.54) is 11.0 Å². The fourth-order valence-corrected chi connectivity index (χ4v) is 4.09. The molecule has 2 aromatic carbocycles. The summed E-state index contributed by atoms with van der Waals surface area (Å²) in [5.74, 6) is -1.26. The molecule has 1 atom stereocenters. The number of hydrogen-bond donors (Lipinski definition) is 0. The summed E-state index contributed by atoms with van der Waals surface area (Å²) >= 11 is 11.7. The Hall–Kier alpha value is -1.56. The van der Waals surface area contributed by atoms with Gasteiger partial charge in [-0.3, -0.25) is 4.79 Å². The second-order valence-corrected chi connectivity index (χ2v) is 8.75. The molecule has 0 fully saturated rings. The first-order valence-corrected chi connectivity index (χ1v) is 10.2. The van der Waals surface area contributed by atoms with Crippen LogP contribution in [0.1, 0.15) is 24.1 Å². The smallest absolute Gasteiger partial charge is 0.238 e. The van der Waals surface area contributed by atoms with Crippen molar-refractivity contribution in [3.8, 4) is 0 Å². The molecule has 4 nitrogen and oxygen atoms in total. The number of carbonyl (C=O) groups excluding carboxylic acids is 1. The molecule has 0 aliphatic rings. The number of sulfone groups is 1. The summed E-state index contributed by atoms with van der Waals surface area (Å²) in [4.78, 5) is 13.8. The molecule has 0 N–H and O–H groups in total. The van der Waals surface area contributed by atoms with E-state index in [0.717, 1.165) is 5.56 Å². The van der Waals surface area contributed by atoms with E-state index in [4.69, 9.17) is 23.2 Å². The molecule has 0 unspecified atom stereocenters. The first kappa shape index (κ1) is 19.8. The van der Waals surface area contributed by atoms with Crippen LogP contribution in [0.5, 0.6) is 0 Å². The quantitative estimate of drug-likeness (QED) is 0.733. The van der Waals surface area contributed by atoms with Crippen molar-refractivity contribution >= 4 is 38.9 Å². The number of halogens is 2. The standard InChI is InChI=1S/C18H19Cl2NO3S/c1-13(15-6-4-3-5-7-15)21(2)18(22)12-25(23,24)11-14-8-9-16(19)17(20)10-14/h3-10,13H,11-12H2,1-2H3/t13-/m1/s1. The van der Waals surface area contributed by atoms with E-state index >= 15 is 0 Å². The van der Waals surface area contributed by atoms with Gasteiger partial charge in [-0.15, -0.1) is 0 Å². The van der Waals surface area contributed by atoms with Gasteiger partial charge in [-0.1, -0.05) is 59.6 Å². The van der Waals surface area contributed by atoms with E-state index in [1.54, 1.807) is 19.2 Å². The third-order valence-corrected chi connectivity index (χ3v) is 6.17. The third-order valence-electron chi connectivity index (χ3n) is 3.97. The molecular weight excluding hydrogens is 381 g/mol.